The number of halogens is 1. The molecule has 20 heavy (non-hydrogen) atoms. The molecule has 0 atom stereocenters. The molecule has 0 spiro atoms. The van der Waals surface area contributed by atoms with E-state index in [4.69, 9.17) is 11.6 Å². The highest BCUT2D eigenvalue weighted by molar-refractivity contribution is 7.98. The van der Waals surface area contributed by atoms with Crippen LogP contribution < -0.4 is 0 Å². The molecule has 104 valence electrons. The summed E-state index contributed by atoms with van der Waals surface area (Å²) >= 11 is 7.16. The zero-order valence-electron chi connectivity index (χ0n) is 10.6. The second-order valence-corrected chi connectivity index (χ2v) is 4.94. The standard InChI is InChI=1S/C11H10ClN5O2S/c1-7-14-15-11(20-2)16(7)13-6-8-3-4-9(12)10(5-8)17(18)19/h3-6H,1-2H3/b13-6-. The van der Waals surface area contributed by atoms with Gasteiger partial charge in [0.1, 0.15) is 5.02 Å². The van der Waals surface area contributed by atoms with Gasteiger partial charge in [-0.25, -0.2) is 0 Å². The van der Waals surface area contributed by atoms with Crippen LogP contribution in [0.2, 0.25) is 5.02 Å². The summed E-state index contributed by atoms with van der Waals surface area (Å²) in [4.78, 5) is 10.3. The molecule has 7 nitrogen and oxygen atoms in total. The highest BCUT2D eigenvalue weighted by atomic mass is 35.5. The number of nitro groups is 1. The van der Waals surface area contributed by atoms with Crippen LogP contribution in [0.15, 0.2) is 28.5 Å². The van der Waals surface area contributed by atoms with Crippen molar-refractivity contribution in [1.29, 1.82) is 0 Å². The van der Waals surface area contributed by atoms with Gasteiger partial charge >= 0.3 is 0 Å². The SMILES string of the molecule is CSc1nnc(C)n1/N=C\c1ccc(Cl)c([N+](=O)[O-])c1. The zero-order chi connectivity index (χ0) is 14.7. The molecule has 0 N–H and O–H groups in total. The molecule has 0 saturated carbocycles. The lowest BCUT2D eigenvalue weighted by Crippen LogP contribution is -1.96. The number of nitrogens with zero attached hydrogens (tertiary/aromatic N) is 5. The van der Waals surface area contributed by atoms with E-state index in [9.17, 15) is 10.1 Å². The molecule has 0 radical (unpaired) electrons. The molecule has 0 saturated heterocycles. The van der Waals surface area contributed by atoms with Crippen molar-refractivity contribution in [2.45, 2.75) is 12.1 Å². The Morgan fingerprint density at radius 2 is 2.25 bits per heavy atom. The lowest BCUT2D eigenvalue weighted by molar-refractivity contribution is -0.384. The van der Waals surface area contributed by atoms with E-state index in [0.717, 1.165) is 0 Å². The second-order valence-electron chi connectivity index (χ2n) is 3.76. The van der Waals surface area contributed by atoms with Gasteiger partial charge in [0.15, 0.2) is 5.82 Å². The first-order chi connectivity index (χ1) is 9.52. The minimum Gasteiger partial charge on any atom is -0.258 e. The Morgan fingerprint density at radius 1 is 1.50 bits per heavy atom. The normalized spacial score (nSPS) is 11.2. The number of benzene rings is 1. The van der Waals surface area contributed by atoms with Crippen molar-refractivity contribution in [3.63, 3.8) is 0 Å². The van der Waals surface area contributed by atoms with Crippen molar-refractivity contribution in [2.24, 2.45) is 5.10 Å². The van der Waals surface area contributed by atoms with Gasteiger partial charge in [-0.1, -0.05) is 29.4 Å². The van der Waals surface area contributed by atoms with Crippen LogP contribution in [0.4, 0.5) is 5.69 Å². The van der Waals surface area contributed by atoms with Gasteiger partial charge in [-0.15, -0.1) is 10.2 Å². The minimum absolute atomic E-state index is 0.0948. The first-order valence-electron chi connectivity index (χ1n) is 5.47. The third kappa shape index (κ3) is 2.97. The van der Waals surface area contributed by atoms with Gasteiger partial charge in [-0.2, -0.15) is 9.78 Å². The molecule has 1 heterocycles. The summed E-state index contributed by atoms with van der Waals surface area (Å²) in [5, 5.41) is 23.6. The third-order valence-corrected chi connectivity index (χ3v) is 3.38. The fourth-order valence-electron chi connectivity index (χ4n) is 1.47. The molecule has 1 aromatic heterocycles. The van der Waals surface area contributed by atoms with Crippen molar-refractivity contribution in [1.82, 2.24) is 14.9 Å². The molecule has 0 aliphatic heterocycles. The summed E-state index contributed by atoms with van der Waals surface area (Å²) in [6.07, 6.45) is 3.36. The summed E-state index contributed by atoms with van der Waals surface area (Å²) in [5.41, 5.74) is 0.419. The van der Waals surface area contributed by atoms with Crippen molar-refractivity contribution < 1.29 is 4.92 Å². The lowest BCUT2D eigenvalue weighted by Gasteiger charge is -1.99. The van der Waals surface area contributed by atoms with E-state index < -0.39 is 4.92 Å². The van der Waals surface area contributed by atoms with E-state index in [0.29, 0.717) is 16.5 Å². The molecule has 0 fully saturated rings. The lowest BCUT2D eigenvalue weighted by atomic mass is 10.2. The highest BCUT2D eigenvalue weighted by Gasteiger charge is 2.12. The van der Waals surface area contributed by atoms with Gasteiger partial charge in [0.05, 0.1) is 11.1 Å². The first-order valence-corrected chi connectivity index (χ1v) is 7.07. The van der Waals surface area contributed by atoms with Crippen LogP contribution in [-0.4, -0.2) is 32.3 Å². The Labute approximate surface area is 123 Å². The van der Waals surface area contributed by atoms with Crippen LogP contribution >= 0.6 is 23.4 Å². The molecular formula is C11H10ClN5O2S. The Balaban J connectivity index is 2.34. The summed E-state index contributed by atoms with van der Waals surface area (Å²) in [6, 6.07) is 4.48. The molecular weight excluding hydrogens is 302 g/mol. The molecule has 0 bridgehead atoms. The van der Waals surface area contributed by atoms with E-state index in [1.165, 1.54) is 30.1 Å². The van der Waals surface area contributed by atoms with Crippen LogP contribution in [0, 0.1) is 17.0 Å². The van der Waals surface area contributed by atoms with Gasteiger partial charge < -0.3 is 0 Å². The number of hydrogen-bond donors (Lipinski definition) is 0. The molecule has 2 rings (SSSR count). The Kier molecular flexibility index (Phi) is 4.35. The number of thioether (sulfide) groups is 1. The van der Waals surface area contributed by atoms with Gasteiger partial charge in [0.25, 0.3) is 5.69 Å². The van der Waals surface area contributed by atoms with Gasteiger partial charge in [-0.3, -0.25) is 10.1 Å². The predicted octanol–water partition coefficient (Wildman–Crippen LogP) is 2.75. The van der Waals surface area contributed by atoms with E-state index >= 15 is 0 Å². The van der Waals surface area contributed by atoms with Crippen molar-refractivity contribution in [3.8, 4) is 0 Å². The van der Waals surface area contributed by atoms with Crippen molar-refractivity contribution in [3.05, 3.63) is 44.7 Å². The maximum Gasteiger partial charge on any atom is 0.288 e. The number of aromatic nitrogens is 3. The largest absolute Gasteiger partial charge is 0.288 e. The maximum atomic E-state index is 10.8. The molecule has 0 amide bonds. The van der Waals surface area contributed by atoms with Crippen LogP contribution in [-0.2, 0) is 0 Å². The highest BCUT2D eigenvalue weighted by Crippen LogP contribution is 2.24. The van der Waals surface area contributed by atoms with Crippen molar-refractivity contribution in [2.75, 3.05) is 6.26 Å². The molecule has 0 unspecified atom stereocenters. The van der Waals surface area contributed by atoms with E-state index in [1.54, 1.807) is 17.7 Å². The smallest absolute Gasteiger partial charge is 0.258 e. The maximum absolute atomic E-state index is 10.8. The zero-order valence-corrected chi connectivity index (χ0v) is 12.2. The van der Waals surface area contributed by atoms with Crippen LogP contribution in [0.3, 0.4) is 0 Å². The van der Waals surface area contributed by atoms with Crippen molar-refractivity contribution >= 4 is 35.3 Å². The van der Waals surface area contributed by atoms with Gasteiger partial charge in [0, 0.05) is 11.6 Å². The van der Waals surface area contributed by atoms with Crippen LogP contribution in [0.1, 0.15) is 11.4 Å². The fourth-order valence-corrected chi connectivity index (χ4v) is 2.13. The van der Waals surface area contributed by atoms with Gasteiger partial charge in [-0.05, 0) is 19.2 Å². The second kappa shape index (κ2) is 6.02. The Bertz CT molecular complexity index is 685. The molecule has 1 aromatic carbocycles. The molecule has 0 aliphatic carbocycles. The number of aryl methyl sites for hydroxylation is 1. The monoisotopic (exact) mass is 311 g/mol. The summed E-state index contributed by atoms with van der Waals surface area (Å²) in [6.45, 7) is 1.77. The Morgan fingerprint density at radius 3 is 2.90 bits per heavy atom. The van der Waals surface area contributed by atoms with Crippen LogP contribution in [0.5, 0.6) is 0 Å². The molecule has 2 aromatic rings. The third-order valence-electron chi connectivity index (χ3n) is 2.44. The minimum atomic E-state index is -0.531. The summed E-state index contributed by atoms with van der Waals surface area (Å²) < 4.78 is 1.56. The predicted molar refractivity (Wildman–Crippen MR) is 77.6 cm³/mol. The number of hydrogen-bond acceptors (Lipinski definition) is 6. The molecule has 9 heteroatoms. The summed E-state index contributed by atoms with van der Waals surface area (Å²) in [5.74, 6) is 0.633. The number of nitro benzene ring substituents is 1. The first kappa shape index (κ1) is 14.5. The van der Waals surface area contributed by atoms with E-state index in [-0.39, 0.29) is 10.7 Å². The fraction of sp³-hybridized carbons (Fsp3) is 0.182. The van der Waals surface area contributed by atoms with Crippen LogP contribution in [0.25, 0.3) is 0 Å². The molecule has 0 aliphatic rings. The average Bonchev–Trinajstić information content (AvgIpc) is 2.78. The quantitative estimate of drug-likeness (QED) is 0.375. The van der Waals surface area contributed by atoms with E-state index in [1.807, 2.05) is 6.26 Å². The topological polar surface area (TPSA) is 86.2 Å². The summed E-state index contributed by atoms with van der Waals surface area (Å²) in [7, 11) is 0. The van der Waals surface area contributed by atoms with E-state index in [2.05, 4.69) is 15.3 Å². The average molecular weight is 312 g/mol. The Hall–Kier alpha value is -1.93. The number of rotatable bonds is 4. The van der Waals surface area contributed by atoms with Gasteiger partial charge in [0.2, 0.25) is 5.16 Å².